The zero-order chi connectivity index (χ0) is 22.2. The molecule has 0 bridgehead atoms. The lowest BCUT2D eigenvalue weighted by Crippen LogP contribution is -2.41. The maximum Gasteiger partial charge on any atom is 0.319 e. The zero-order valence-electron chi connectivity index (χ0n) is 18.9. The van der Waals surface area contributed by atoms with Crippen LogP contribution >= 0.6 is 0 Å². The van der Waals surface area contributed by atoms with E-state index in [9.17, 15) is 9.18 Å². The number of likely N-dealkylation sites (tertiary alicyclic amines) is 1. The van der Waals surface area contributed by atoms with Gasteiger partial charge in [-0.25, -0.2) is 9.18 Å². The number of nitrogens with zero attached hydrogens (tertiary/aromatic N) is 4. The molecule has 0 saturated carbocycles. The number of aromatic nitrogens is 1. The summed E-state index contributed by atoms with van der Waals surface area (Å²) in [4.78, 5) is 18.4. The first kappa shape index (κ1) is 21.0. The van der Waals surface area contributed by atoms with E-state index in [0.29, 0.717) is 6.04 Å². The molecular formula is C26H31FN4O. The summed E-state index contributed by atoms with van der Waals surface area (Å²) in [5.74, 6) is -0.205. The van der Waals surface area contributed by atoms with E-state index in [2.05, 4.69) is 40.8 Å². The third kappa shape index (κ3) is 3.99. The number of carbonyl (C=O) groups excluding carboxylic acids is 1. The van der Waals surface area contributed by atoms with Gasteiger partial charge in [-0.2, -0.15) is 0 Å². The van der Waals surface area contributed by atoms with Gasteiger partial charge < -0.3 is 19.3 Å². The summed E-state index contributed by atoms with van der Waals surface area (Å²) in [6, 6.07) is 14.1. The molecule has 1 aromatic heterocycles. The van der Waals surface area contributed by atoms with E-state index >= 15 is 0 Å². The Morgan fingerprint density at radius 1 is 0.969 bits per heavy atom. The number of aryl methyl sites for hydroxylation is 1. The van der Waals surface area contributed by atoms with E-state index in [0.717, 1.165) is 57.7 Å². The van der Waals surface area contributed by atoms with Gasteiger partial charge in [-0.05, 0) is 49.6 Å². The molecule has 2 aliphatic heterocycles. The van der Waals surface area contributed by atoms with Gasteiger partial charge in [0.15, 0.2) is 0 Å². The SMILES string of the molecule is Cc1ccc2c(c1)c(-c1ccc(F)cc1)cn2C1CCN(CCN2CCN(C)C2=O)CC1. The van der Waals surface area contributed by atoms with Crippen LogP contribution in [0.15, 0.2) is 48.7 Å². The Bertz CT molecular complexity index is 1110. The van der Waals surface area contributed by atoms with Crippen LogP contribution in [-0.4, -0.2) is 71.6 Å². The van der Waals surface area contributed by atoms with Gasteiger partial charge >= 0.3 is 6.03 Å². The molecule has 0 N–H and O–H groups in total. The highest BCUT2D eigenvalue weighted by Gasteiger charge is 2.27. The Labute approximate surface area is 189 Å². The number of amides is 2. The molecule has 168 valence electrons. The molecule has 2 saturated heterocycles. The first-order valence-corrected chi connectivity index (χ1v) is 11.6. The third-order valence-corrected chi connectivity index (χ3v) is 7.08. The lowest BCUT2D eigenvalue weighted by molar-refractivity contribution is 0.163. The van der Waals surface area contributed by atoms with E-state index in [1.54, 1.807) is 4.90 Å². The second-order valence-electron chi connectivity index (χ2n) is 9.24. The molecule has 5 nitrogen and oxygen atoms in total. The van der Waals surface area contributed by atoms with Crippen LogP contribution in [0.5, 0.6) is 0 Å². The summed E-state index contributed by atoms with van der Waals surface area (Å²) < 4.78 is 15.9. The van der Waals surface area contributed by atoms with Gasteiger partial charge in [0.05, 0.1) is 0 Å². The van der Waals surface area contributed by atoms with Crippen molar-refractivity contribution in [2.75, 3.05) is 46.3 Å². The van der Waals surface area contributed by atoms with E-state index in [1.165, 1.54) is 34.2 Å². The highest BCUT2D eigenvalue weighted by Crippen LogP contribution is 2.36. The van der Waals surface area contributed by atoms with Crippen molar-refractivity contribution in [3.05, 3.63) is 60.0 Å². The van der Waals surface area contributed by atoms with Crippen molar-refractivity contribution in [1.82, 2.24) is 19.3 Å². The number of piperidine rings is 1. The fraction of sp³-hybridized carbons (Fsp3) is 0.423. The van der Waals surface area contributed by atoms with Crippen molar-refractivity contribution in [2.45, 2.75) is 25.8 Å². The van der Waals surface area contributed by atoms with Crippen molar-refractivity contribution in [2.24, 2.45) is 0 Å². The zero-order valence-corrected chi connectivity index (χ0v) is 18.9. The normalized spacial score (nSPS) is 18.3. The number of halogens is 1. The predicted molar refractivity (Wildman–Crippen MR) is 126 cm³/mol. The Balaban J connectivity index is 1.31. The maximum atomic E-state index is 13.5. The summed E-state index contributed by atoms with van der Waals surface area (Å²) in [7, 11) is 1.87. The quantitative estimate of drug-likeness (QED) is 0.580. The number of likely N-dealkylation sites (N-methyl/N-ethyl adjacent to an activating group) is 1. The first-order chi connectivity index (χ1) is 15.5. The number of fused-ring (bicyclic) bond motifs is 1. The molecule has 2 aliphatic rings. The second-order valence-corrected chi connectivity index (χ2v) is 9.24. The highest BCUT2D eigenvalue weighted by atomic mass is 19.1. The fourth-order valence-corrected chi connectivity index (χ4v) is 5.12. The second kappa shape index (κ2) is 8.58. The van der Waals surface area contributed by atoms with Crippen LogP contribution in [0, 0.1) is 12.7 Å². The Morgan fingerprint density at radius 3 is 2.41 bits per heavy atom. The fourth-order valence-electron chi connectivity index (χ4n) is 5.12. The summed E-state index contributed by atoms with van der Waals surface area (Å²) >= 11 is 0. The van der Waals surface area contributed by atoms with Gasteiger partial charge in [0.2, 0.25) is 0 Å². The van der Waals surface area contributed by atoms with Crippen molar-refractivity contribution in [1.29, 1.82) is 0 Å². The minimum atomic E-state index is -0.205. The van der Waals surface area contributed by atoms with Gasteiger partial charge in [-0.1, -0.05) is 23.8 Å². The topological polar surface area (TPSA) is 31.7 Å². The molecule has 0 aliphatic carbocycles. The summed E-state index contributed by atoms with van der Waals surface area (Å²) in [6.45, 7) is 7.63. The monoisotopic (exact) mass is 434 g/mol. The van der Waals surface area contributed by atoms with E-state index in [-0.39, 0.29) is 11.8 Å². The Hall–Kier alpha value is -2.86. The van der Waals surface area contributed by atoms with Crippen LogP contribution in [0.25, 0.3) is 22.0 Å². The lowest BCUT2D eigenvalue weighted by Gasteiger charge is -2.34. The molecule has 0 atom stereocenters. The van der Waals surface area contributed by atoms with Crippen LogP contribution in [0.4, 0.5) is 9.18 Å². The molecule has 6 heteroatoms. The standard InChI is InChI=1S/C26H31FN4O/c1-19-3-8-25-23(17-19)24(20-4-6-21(27)7-5-20)18-31(25)22-9-11-29(12-10-22)14-16-30-15-13-28(2)26(30)32/h3-8,17-18,22H,9-16H2,1-2H3. The maximum absolute atomic E-state index is 13.5. The van der Waals surface area contributed by atoms with Crippen LogP contribution in [0.2, 0.25) is 0 Å². The Morgan fingerprint density at radius 2 is 1.72 bits per heavy atom. The number of rotatable bonds is 5. The molecule has 3 heterocycles. The van der Waals surface area contributed by atoms with Crippen LogP contribution < -0.4 is 0 Å². The smallest absolute Gasteiger partial charge is 0.319 e. The number of benzene rings is 2. The van der Waals surface area contributed by atoms with Gasteiger partial charge in [0.1, 0.15) is 5.82 Å². The number of hydrogen-bond donors (Lipinski definition) is 0. The van der Waals surface area contributed by atoms with Crippen LogP contribution in [0.1, 0.15) is 24.4 Å². The number of carbonyl (C=O) groups is 1. The average Bonchev–Trinajstić information content (AvgIpc) is 3.33. The summed E-state index contributed by atoms with van der Waals surface area (Å²) in [5, 5.41) is 1.23. The van der Waals surface area contributed by atoms with E-state index in [4.69, 9.17) is 0 Å². The third-order valence-electron chi connectivity index (χ3n) is 7.08. The lowest BCUT2D eigenvalue weighted by atomic mass is 10.0. The average molecular weight is 435 g/mol. The molecular weight excluding hydrogens is 403 g/mol. The number of hydrogen-bond acceptors (Lipinski definition) is 2. The summed E-state index contributed by atoms with van der Waals surface area (Å²) in [6.07, 6.45) is 4.44. The molecule has 0 spiro atoms. The van der Waals surface area contributed by atoms with Gasteiger partial charge in [-0.3, -0.25) is 0 Å². The van der Waals surface area contributed by atoms with E-state index in [1.807, 2.05) is 24.1 Å². The minimum Gasteiger partial charge on any atom is -0.344 e. The van der Waals surface area contributed by atoms with Crippen molar-refractivity contribution < 1.29 is 9.18 Å². The van der Waals surface area contributed by atoms with Crippen LogP contribution in [-0.2, 0) is 0 Å². The Kier molecular flexibility index (Phi) is 5.64. The van der Waals surface area contributed by atoms with Crippen molar-refractivity contribution in [3.63, 3.8) is 0 Å². The predicted octanol–water partition coefficient (Wildman–Crippen LogP) is 4.76. The van der Waals surface area contributed by atoms with Gasteiger partial charge in [-0.15, -0.1) is 0 Å². The molecule has 0 radical (unpaired) electrons. The van der Waals surface area contributed by atoms with E-state index < -0.39 is 0 Å². The summed E-state index contributed by atoms with van der Waals surface area (Å²) in [5.41, 5.74) is 4.70. The van der Waals surface area contributed by atoms with Crippen LogP contribution in [0.3, 0.4) is 0 Å². The largest absolute Gasteiger partial charge is 0.344 e. The molecule has 3 aromatic rings. The first-order valence-electron chi connectivity index (χ1n) is 11.6. The molecule has 2 aromatic carbocycles. The molecule has 5 rings (SSSR count). The molecule has 2 amide bonds. The molecule has 32 heavy (non-hydrogen) atoms. The number of urea groups is 1. The van der Waals surface area contributed by atoms with Crippen molar-refractivity contribution >= 4 is 16.9 Å². The van der Waals surface area contributed by atoms with Gasteiger partial charge in [0, 0.05) is 75.0 Å². The minimum absolute atomic E-state index is 0.155. The van der Waals surface area contributed by atoms with Gasteiger partial charge in [0.25, 0.3) is 0 Å². The molecule has 2 fully saturated rings. The molecule has 0 unspecified atom stereocenters. The van der Waals surface area contributed by atoms with Crippen molar-refractivity contribution in [3.8, 4) is 11.1 Å². The highest BCUT2D eigenvalue weighted by molar-refractivity contribution is 5.96.